The first kappa shape index (κ1) is 11.4. The van der Waals surface area contributed by atoms with E-state index in [1.807, 2.05) is 6.07 Å². The Bertz CT molecular complexity index is 254. The molecule has 0 heterocycles. The van der Waals surface area contributed by atoms with Gasteiger partial charge in [0.25, 0.3) is 0 Å². The summed E-state index contributed by atoms with van der Waals surface area (Å²) < 4.78 is 37.1. The number of hydrogen-bond acceptors (Lipinski definition) is 1. The van der Waals surface area contributed by atoms with Crippen LogP contribution in [0.25, 0.3) is 0 Å². The van der Waals surface area contributed by atoms with E-state index in [1.165, 1.54) is 0 Å². The molecule has 1 rings (SSSR count). The maximum absolute atomic E-state index is 12.4. The van der Waals surface area contributed by atoms with Gasteiger partial charge in [0.15, 0.2) is 0 Å². The molecule has 14 heavy (non-hydrogen) atoms. The molecule has 3 unspecified atom stereocenters. The molecule has 1 aliphatic carbocycles. The first-order valence-electron chi connectivity index (χ1n) is 4.52. The van der Waals surface area contributed by atoms with Crippen molar-refractivity contribution in [2.24, 2.45) is 11.8 Å². The summed E-state index contributed by atoms with van der Waals surface area (Å²) in [6, 6.07) is 1.87. The highest BCUT2D eigenvalue weighted by molar-refractivity contribution is 6.15. The second-order valence-electron chi connectivity index (χ2n) is 4.20. The monoisotopic (exact) mass is 201 g/mol. The van der Waals surface area contributed by atoms with Gasteiger partial charge in [-0.2, -0.15) is 18.4 Å². The Morgan fingerprint density at radius 2 is 2.07 bits per heavy atom. The van der Waals surface area contributed by atoms with E-state index in [1.54, 1.807) is 6.92 Å². The largest absolute Gasteiger partial charge is 0.391 e. The third kappa shape index (κ3) is 2.23. The van der Waals surface area contributed by atoms with Crippen LogP contribution in [0, 0.1) is 23.2 Å². The van der Waals surface area contributed by atoms with E-state index in [0.717, 1.165) is 0 Å². The van der Waals surface area contributed by atoms with Gasteiger partial charge >= 0.3 is 6.18 Å². The number of rotatable bonds is 0. The van der Waals surface area contributed by atoms with Crippen molar-refractivity contribution < 1.29 is 13.2 Å². The molecule has 0 aromatic rings. The standard InChI is InChI=1S/C9H11BF3N/c1-8(10)3-2-6(9(11,12)13)4-7(8)5-14/h6-7H,2-4H2,1H3. The molecular formula is C9H11BF3N. The van der Waals surface area contributed by atoms with Gasteiger partial charge in [-0.15, -0.1) is 0 Å². The quantitative estimate of drug-likeness (QED) is 0.552. The highest BCUT2D eigenvalue weighted by Gasteiger charge is 2.47. The molecule has 0 saturated heterocycles. The number of hydrogen-bond donors (Lipinski definition) is 0. The summed E-state index contributed by atoms with van der Waals surface area (Å²) in [7, 11) is 5.75. The molecule has 0 aliphatic heterocycles. The van der Waals surface area contributed by atoms with Gasteiger partial charge in [-0.25, -0.2) is 0 Å². The van der Waals surface area contributed by atoms with Crippen LogP contribution in [0.2, 0.25) is 5.31 Å². The summed E-state index contributed by atoms with van der Waals surface area (Å²) in [5, 5.41) is 7.95. The molecule has 76 valence electrons. The normalized spacial score (nSPS) is 39.1. The van der Waals surface area contributed by atoms with Crippen LogP contribution >= 0.6 is 0 Å². The molecule has 1 aliphatic rings. The van der Waals surface area contributed by atoms with Gasteiger partial charge in [-0.3, -0.25) is 0 Å². The molecule has 0 aromatic heterocycles. The highest BCUT2D eigenvalue weighted by atomic mass is 19.4. The summed E-state index contributed by atoms with van der Waals surface area (Å²) in [6.45, 7) is 1.65. The molecule has 0 N–H and O–H groups in total. The molecule has 0 bridgehead atoms. The Labute approximate surface area is 82.7 Å². The van der Waals surface area contributed by atoms with Gasteiger partial charge in [-0.1, -0.05) is 18.7 Å². The summed E-state index contributed by atoms with van der Waals surface area (Å²) in [5.41, 5.74) is 0. The number of halogens is 3. The fraction of sp³-hybridized carbons (Fsp3) is 0.889. The molecular weight excluding hydrogens is 190 g/mol. The molecule has 2 radical (unpaired) electrons. The minimum absolute atomic E-state index is 0.0364. The maximum Gasteiger partial charge on any atom is 0.391 e. The maximum atomic E-state index is 12.4. The van der Waals surface area contributed by atoms with E-state index < -0.39 is 23.3 Å². The molecule has 0 spiro atoms. The van der Waals surface area contributed by atoms with Crippen molar-refractivity contribution in [3.63, 3.8) is 0 Å². The lowest BCUT2D eigenvalue weighted by Crippen LogP contribution is -2.35. The van der Waals surface area contributed by atoms with Crippen molar-refractivity contribution >= 4 is 7.85 Å². The Kier molecular flexibility index (Phi) is 2.84. The molecule has 0 amide bonds. The second-order valence-corrected chi connectivity index (χ2v) is 4.20. The lowest BCUT2D eigenvalue weighted by Gasteiger charge is -2.39. The molecule has 1 fully saturated rings. The predicted octanol–water partition coefficient (Wildman–Crippen LogP) is 2.84. The van der Waals surface area contributed by atoms with Crippen LogP contribution in [0.4, 0.5) is 13.2 Å². The Morgan fingerprint density at radius 1 is 1.50 bits per heavy atom. The third-order valence-corrected chi connectivity index (χ3v) is 2.97. The highest BCUT2D eigenvalue weighted by Crippen LogP contribution is 2.50. The van der Waals surface area contributed by atoms with Gasteiger partial charge in [0.05, 0.1) is 19.8 Å². The van der Waals surface area contributed by atoms with E-state index in [9.17, 15) is 13.2 Å². The van der Waals surface area contributed by atoms with Crippen molar-refractivity contribution in [1.29, 1.82) is 5.26 Å². The topological polar surface area (TPSA) is 23.8 Å². The Morgan fingerprint density at radius 3 is 2.50 bits per heavy atom. The van der Waals surface area contributed by atoms with Gasteiger partial charge in [-0.05, 0) is 12.8 Å². The zero-order valence-electron chi connectivity index (χ0n) is 7.93. The number of nitriles is 1. The van der Waals surface area contributed by atoms with E-state index in [2.05, 4.69) is 0 Å². The summed E-state index contributed by atoms with van der Waals surface area (Å²) >= 11 is 0. The van der Waals surface area contributed by atoms with Crippen molar-refractivity contribution in [3.8, 4) is 6.07 Å². The van der Waals surface area contributed by atoms with Crippen LogP contribution in [-0.4, -0.2) is 14.0 Å². The lowest BCUT2D eigenvalue weighted by atomic mass is 9.54. The minimum Gasteiger partial charge on any atom is -0.198 e. The predicted molar refractivity (Wildman–Crippen MR) is 46.6 cm³/mol. The minimum atomic E-state index is -4.19. The Balaban J connectivity index is 2.73. The SMILES string of the molecule is [B]C1(C)CCC(C(F)(F)F)CC1C#N. The van der Waals surface area contributed by atoms with Crippen LogP contribution in [0.15, 0.2) is 0 Å². The smallest absolute Gasteiger partial charge is 0.198 e. The average Bonchev–Trinajstić information content (AvgIpc) is 2.01. The van der Waals surface area contributed by atoms with Crippen molar-refractivity contribution in [2.45, 2.75) is 37.7 Å². The zero-order valence-corrected chi connectivity index (χ0v) is 7.93. The van der Waals surface area contributed by atoms with E-state index in [-0.39, 0.29) is 19.3 Å². The van der Waals surface area contributed by atoms with Crippen LogP contribution in [0.1, 0.15) is 26.2 Å². The van der Waals surface area contributed by atoms with Crippen molar-refractivity contribution in [3.05, 3.63) is 0 Å². The van der Waals surface area contributed by atoms with Crippen molar-refractivity contribution in [1.82, 2.24) is 0 Å². The summed E-state index contributed by atoms with van der Waals surface area (Å²) in [4.78, 5) is 0. The zero-order chi connectivity index (χ0) is 11.0. The van der Waals surface area contributed by atoms with Crippen molar-refractivity contribution in [2.75, 3.05) is 0 Å². The van der Waals surface area contributed by atoms with E-state index in [0.29, 0.717) is 0 Å². The third-order valence-electron chi connectivity index (χ3n) is 2.97. The first-order chi connectivity index (χ1) is 6.27. The number of nitrogens with zero attached hydrogens (tertiary/aromatic N) is 1. The van der Waals surface area contributed by atoms with Gasteiger partial charge in [0, 0.05) is 5.92 Å². The van der Waals surface area contributed by atoms with Crippen LogP contribution in [0.3, 0.4) is 0 Å². The van der Waals surface area contributed by atoms with Crippen LogP contribution < -0.4 is 0 Å². The molecule has 0 aromatic carbocycles. The van der Waals surface area contributed by atoms with Gasteiger partial charge in [0.1, 0.15) is 0 Å². The summed E-state index contributed by atoms with van der Waals surface area (Å²) in [6.07, 6.45) is -4.05. The van der Waals surface area contributed by atoms with Gasteiger partial charge in [0.2, 0.25) is 0 Å². The van der Waals surface area contributed by atoms with Gasteiger partial charge < -0.3 is 0 Å². The fourth-order valence-corrected chi connectivity index (χ4v) is 1.83. The molecule has 1 nitrogen and oxygen atoms in total. The summed E-state index contributed by atoms with van der Waals surface area (Å²) in [5.74, 6) is -2.05. The second kappa shape index (κ2) is 3.49. The van der Waals surface area contributed by atoms with E-state index >= 15 is 0 Å². The first-order valence-corrected chi connectivity index (χ1v) is 4.52. The lowest BCUT2D eigenvalue weighted by molar-refractivity contribution is -0.185. The molecule has 3 atom stereocenters. The van der Waals surface area contributed by atoms with E-state index in [4.69, 9.17) is 13.1 Å². The Hall–Kier alpha value is -0.655. The molecule has 5 heteroatoms. The fourth-order valence-electron chi connectivity index (χ4n) is 1.83. The molecule has 1 saturated carbocycles. The van der Waals surface area contributed by atoms with Crippen LogP contribution in [-0.2, 0) is 0 Å². The van der Waals surface area contributed by atoms with Crippen LogP contribution in [0.5, 0.6) is 0 Å². The number of alkyl halides is 3. The average molecular weight is 201 g/mol.